The third kappa shape index (κ3) is 5.36. The minimum absolute atomic E-state index is 0.0908. The van der Waals surface area contributed by atoms with Gasteiger partial charge in [0.1, 0.15) is 0 Å². The fourth-order valence-electron chi connectivity index (χ4n) is 1.57. The van der Waals surface area contributed by atoms with E-state index >= 15 is 0 Å². The van der Waals surface area contributed by atoms with Crippen molar-refractivity contribution in [3.05, 3.63) is 35.4 Å². The number of nitrogens with one attached hydrogen (secondary N) is 3. The average molecular weight is 293 g/mol. The summed E-state index contributed by atoms with van der Waals surface area (Å²) in [6, 6.07) is 7.21. The fourth-order valence-corrected chi connectivity index (χ4v) is 1.73. The number of hydrazine groups is 1. The molecule has 0 heterocycles. The minimum atomic E-state index is -0.298. The Morgan fingerprint density at radius 2 is 1.90 bits per heavy atom. The van der Waals surface area contributed by atoms with Gasteiger partial charge in [-0.25, -0.2) is 0 Å². The molecule has 0 unspecified atom stereocenters. The Hall–Kier alpha value is -1.95. The van der Waals surface area contributed by atoms with Gasteiger partial charge < -0.3 is 5.32 Å². The summed E-state index contributed by atoms with van der Waals surface area (Å²) < 4.78 is 0. The lowest BCUT2D eigenvalue weighted by Crippen LogP contribution is -2.48. The number of rotatable bonds is 4. The summed E-state index contributed by atoms with van der Waals surface area (Å²) in [5.41, 5.74) is 6.39. The normalized spacial score (nSPS) is 9.70. The summed E-state index contributed by atoms with van der Waals surface area (Å²) in [4.78, 5) is 23.3. The van der Waals surface area contributed by atoms with Crippen LogP contribution in [0, 0.1) is 6.92 Å². The number of benzene rings is 1. The standard InChI is InChI=1S/C14H19N3O2S/c1-3-4-9-12(18)15-14(20)17-16-13(19)11-8-6-5-7-10(11)2/h5-8H,3-4,9H2,1-2H3,(H,16,19)(H2,15,17,18,20). The Labute approximate surface area is 124 Å². The summed E-state index contributed by atoms with van der Waals surface area (Å²) in [5, 5.41) is 2.59. The molecule has 0 fully saturated rings. The van der Waals surface area contributed by atoms with Gasteiger partial charge >= 0.3 is 0 Å². The average Bonchev–Trinajstić information content (AvgIpc) is 2.43. The Balaban J connectivity index is 2.40. The van der Waals surface area contributed by atoms with Gasteiger partial charge in [0.2, 0.25) is 5.91 Å². The van der Waals surface area contributed by atoms with E-state index in [-0.39, 0.29) is 16.9 Å². The quantitative estimate of drug-likeness (QED) is 0.585. The largest absolute Gasteiger partial charge is 0.302 e. The van der Waals surface area contributed by atoms with E-state index in [2.05, 4.69) is 16.2 Å². The molecule has 20 heavy (non-hydrogen) atoms. The van der Waals surface area contributed by atoms with Crippen LogP contribution in [0.2, 0.25) is 0 Å². The zero-order valence-electron chi connectivity index (χ0n) is 11.7. The molecule has 0 radical (unpaired) electrons. The lowest BCUT2D eigenvalue weighted by molar-refractivity contribution is -0.119. The van der Waals surface area contributed by atoms with Crippen LogP contribution in [-0.4, -0.2) is 16.9 Å². The van der Waals surface area contributed by atoms with Crippen molar-refractivity contribution < 1.29 is 9.59 Å². The number of aryl methyl sites for hydroxylation is 1. The Kier molecular flexibility index (Phi) is 6.66. The van der Waals surface area contributed by atoms with Gasteiger partial charge in [0.15, 0.2) is 5.11 Å². The Morgan fingerprint density at radius 1 is 1.20 bits per heavy atom. The van der Waals surface area contributed by atoms with E-state index in [1.807, 2.05) is 26.0 Å². The molecule has 2 amide bonds. The van der Waals surface area contributed by atoms with Crippen LogP contribution in [0.25, 0.3) is 0 Å². The predicted molar refractivity (Wildman–Crippen MR) is 82.0 cm³/mol. The first-order valence-corrected chi connectivity index (χ1v) is 6.91. The molecule has 108 valence electrons. The highest BCUT2D eigenvalue weighted by Crippen LogP contribution is 2.05. The van der Waals surface area contributed by atoms with Gasteiger partial charge in [0, 0.05) is 12.0 Å². The van der Waals surface area contributed by atoms with Crippen LogP contribution in [0.4, 0.5) is 0 Å². The van der Waals surface area contributed by atoms with Crippen LogP contribution >= 0.6 is 12.2 Å². The van der Waals surface area contributed by atoms with Crippen molar-refractivity contribution in [2.24, 2.45) is 0 Å². The summed E-state index contributed by atoms with van der Waals surface area (Å²) >= 11 is 4.92. The van der Waals surface area contributed by atoms with Crippen LogP contribution in [0.3, 0.4) is 0 Å². The van der Waals surface area contributed by atoms with Gasteiger partial charge in [-0.1, -0.05) is 31.5 Å². The van der Waals surface area contributed by atoms with Crippen molar-refractivity contribution in [2.45, 2.75) is 33.1 Å². The molecular weight excluding hydrogens is 274 g/mol. The molecule has 1 aromatic carbocycles. The first-order chi connectivity index (χ1) is 9.54. The molecule has 6 heteroatoms. The van der Waals surface area contributed by atoms with Gasteiger partial charge in [-0.3, -0.25) is 20.4 Å². The third-order valence-corrected chi connectivity index (χ3v) is 2.89. The summed E-state index contributed by atoms with van der Waals surface area (Å²) in [5.74, 6) is -0.456. The highest BCUT2D eigenvalue weighted by Gasteiger charge is 2.09. The molecule has 0 bridgehead atoms. The highest BCUT2D eigenvalue weighted by atomic mass is 32.1. The molecule has 0 saturated heterocycles. The maximum Gasteiger partial charge on any atom is 0.269 e. The molecule has 0 atom stereocenters. The van der Waals surface area contributed by atoms with Gasteiger partial charge in [0.05, 0.1) is 0 Å². The molecule has 0 aliphatic carbocycles. The first-order valence-electron chi connectivity index (χ1n) is 6.50. The number of hydrogen-bond donors (Lipinski definition) is 3. The minimum Gasteiger partial charge on any atom is -0.302 e. The molecule has 0 saturated carbocycles. The van der Waals surface area contributed by atoms with Gasteiger partial charge in [-0.05, 0) is 37.2 Å². The van der Waals surface area contributed by atoms with Crippen LogP contribution in [0.5, 0.6) is 0 Å². The number of thiocarbonyl (C=S) groups is 1. The van der Waals surface area contributed by atoms with E-state index in [4.69, 9.17) is 12.2 Å². The van der Waals surface area contributed by atoms with Crippen molar-refractivity contribution in [3.8, 4) is 0 Å². The maximum atomic E-state index is 11.9. The maximum absolute atomic E-state index is 11.9. The monoisotopic (exact) mass is 293 g/mol. The van der Waals surface area contributed by atoms with Crippen molar-refractivity contribution in [1.29, 1.82) is 0 Å². The van der Waals surface area contributed by atoms with Crippen LogP contribution < -0.4 is 16.2 Å². The molecule has 5 nitrogen and oxygen atoms in total. The number of carbonyl (C=O) groups excluding carboxylic acids is 2. The van der Waals surface area contributed by atoms with Crippen molar-refractivity contribution in [1.82, 2.24) is 16.2 Å². The van der Waals surface area contributed by atoms with Crippen molar-refractivity contribution >= 4 is 29.1 Å². The zero-order chi connectivity index (χ0) is 15.0. The molecule has 1 rings (SSSR count). The molecule has 1 aromatic rings. The number of carbonyl (C=O) groups is 2. The zero-order valence-corrected chi connectivity index (χ0v) is 12.5. The van der Waals surface area contributed by atoms with Gasteiger partial charge in [0.25, 0.3) is 5.91 Å². The van der Waals surface area contributed by atoms with Gasteiger partial charge in [-0.2, -0.15) is 0 Å². The molecule has 0 aliphatic heterocycles. The van der Waals surface area contributed by atoms with Crippen LogP contribution in [-0.2, 0) is 4.79 Å². The van der Waals surface area contributed by atoms with E-state index in [0.29, 0.717) is 12.0 Å². The lowest BCUT2D eigenvalue weighted by Gasteiger charge is -2.11. The third-order valence-electron chi connectivity index (χ3n) is 2.69. The predicted octanol–water partition coefficient (Wildman–Crippen LogP) is 1.82. The molecule has 3 N–H and O–H groups in total. The highest BCUT2D eigenvalue weighted by molar-refractivity contribution is 7.80. The van der Waals surface area contributed by atoms with E-state index in [1.165, 1.54) is 0 Å². The Morgan fingerprint density at radius 3 is 2.55 bits per heavy atom. The second-order valence-corrected chi connectivity index (χ2v) is 4.78. The van der Waals surface area contributed by atoms with Crippen LogP contribution in [0.1, 0.15) is 42.1 Å². The van der Waals surface area contributed by atoms with Crippen molar-refractivity contribution in [2.75, 3.05) is 0 Å². The van der Waals surface area contributed by atoms with Crippen LogP contribution in [0.15, 0.2) is 24.3 Å². The summed E-state index contributed by atoms with van der Waals surface area (Å²) in [6.07, 6.45) is 2.17. The smallest absolute Gasteiger partial charge is 0.269 e. The van der Waals surface area contributed by atoms with Crippen molar-refractivity contribution in [3.63, 3.8) is 0 Å². The molecule has 0 spiro atoms. The first kappa shape index (κ1) is 16.1. The number of hydrogen-bond acceptors (Lipinski definition) is 3. The second kappa shape index (κ2) is 8.27. The number of unbranched alkanes of at least 4 members (excludes halogenated alkanes) is 1. The summed E-state index contributed by atoms with van der Waals surface area (Å²) in [7, 11) is 0. The molecule has 0 aromatic heterocycles. The van der Waals surface area contributed by atoms with E-state index in [1.54, 1.807) is 12.1 Å². The fraction of sp³-hybridized carbons (Fsp3) is 0.357. The van der Waals surface area contributed by atoms with E-state index < -0.39 is 0 Å². The SMILES string of the molecule is CCCCC(=O)NC(=S)NNC(=O)c1ccccc1C. The topological polar surface area (TPSA) is 70.2 Å². The lowest BCUT2D eigenvalue weighted by atomic mass is 10.1. The second-order valence-electron chi connectivity index (χ2n) is 4.37. The van der Waals surface area contributed by atoms with E-state index in [0.717, 1.165) is 18.4 Å². The number of amides is 2. The molecule has 0 aliphatic rings. The molecular formula is C14H19N3O2S. The summed E-state index contributed by atoms with van der Waals surface area (Å²) in [6.45, 7) is 3.85. The van der Waals surface area contributed by atoms with E-state index in [9.17, 15) is 9.59 Å². The van der Waals surface area contributed by atoms with Gasteiger partial charge in [-0.15, -0.1) is 0 Å². The Bertz CT molecular complexity index is 503.